The van der Waals surface area contributed by atoms with Gasteiger partial charge >= 0.3 is 0 Å². The van der Waals surface area contributed by atoms with Gasteiger partial charge in [-0.05, 0) is 49.6 Å². The average molecular weight is 452 g/mol. The molecule has 0 saturated carbocycles. The van der Waals surface area contributed by atoms with Crippen molar-refractivity contribution in [3.63, 3.8) is 0 Å². The first kappa shape index (κ1) is 22.0. The van der Waals surface area contributed by atoms with Crippen LogP contribution in [0.5, 0.6) is 0 Å². The maximum Gasteiger partial charge on any atom is 0.274 e. The molecule has 1 aromatic carbocycles. The molecule has 2 fully saturated rings. The minimum absolute atomic E-state index is 0.213. The maximum atomic E-state index is 13.3. The van der Waals surface area contributed by atoms with Gasteiger partial charge in [0.15, 0.2) is 0 Å². The second-order valence-electron chi connectivity index (χ2n) is 9.36. The number of pyridine rings is 1. The molecule has 176 valence electrons. The molecule has 3 N–H and O–H groups in total. The Morgan fingerprint density at radius 3 is 2.61 bits per heavy atom. The number of rotatable bonds is 4. The molecule has 1 aromatic heterocycles. The van der Waals surface area contributed by atoms with E-state index >= 15 is 0 Å². The number of aliphatic hydroxyl groups is 1. The largest absolute Gasteiger partial charge is 0.393 e. The number of anilines is 4. The first-order chi connectivity index (χ1) is 16.0. The third kappa shape index (κ3) is 4.63. The van der Waals surface area contributed by atoms with Crippen LogP contribution in [0.1, 0.15) is 48.7 Å². The number of fused-ring (bicyclic) bond motifs is 1. The zero-order chi connectivity index (χ0) is 22.9. The lowest BCUT2D eigenvalue weighted by molar-refractivity contribution is 0.102. The van der Waals surface area contributed by atoms with Crippen molar-refractivity contribution in [3.8, 4) is 0 Å². The van der Waals surface area contributed by atoms with Gasteiger partial charge < -0.3 is 30.3 Å². The highest BCUT2D eigenvalue weighted by molar-refractivity contribution is 6.04. The number of ether oxygens (including phenoxy) is 1. The monoisotopic (exact) mass is 451 g/mol. The van der Waals surface area contributed by atoms with E-state index in [1.54, 1.807) is 0 Å². The molecule has 3 aliphatic rings. The molecular weight excluding hydrogens is 418 g/mol. The van der Waals surface area contributed by atoms with Gasteiger partial charge in [-0.3, -0.25) is 4.79 Å². The zero-order valence-corrected chi connectivity index (χ0v) is 19.4. The molecule has 2 atom stereocenters. The summed E-state index contributed by atoms with van der Waals surface area (Å²) >= 11 is 0. The number of carbonyl (C=O) groups excluding carboxylic acids is 1. The summed E-state index contributed by atoms with van der Waals surface area (Å²) < 4.78 is 5.50. The molecule has 0 aliphatic carbocycles. The predicted octanol–water partition coefficient (Wildman–Crippen LogP) is 3.05. The van der Waals surface area contributed by atoms with Crippen LogP contribution in [-0.4, -0.2) is 67.5 Å². The molecule has 4 heterocycles. The molecule has 2 aromatic rings. The molecule has 33 heavy (non-hydrogen) atoms. The minimum atomic E-state index is -0.246. The van der Waals surface area contributed by atoms with E-state index in [2.05, 4.69) is 46.4 Å². The summed E-state index contributed by atoms with van der Waals surface area (Å²) in [6.07, 6.45) is 1.22. The Bertz CT molecular complexity index is 1020. The highest BCUT2D eigenvalue weighted by Crippen LogP contribution is 2.37. The lowest BCUT2D eigenvalue weighted by Gasteiger charge is -2.33. The number of hydrogen-bond donors (Lipinski definition) is 3. The van der Waals surface area contributed by atoms with E-state index in [4.69, 9.17) is 9.72 Å². The Morgan fingerprint density at radius 1 is 1.09 bits per heavy atom. The molecule has 3 aliphatic heterocycles. The van der Waals surface area contributed by atoms with Crippen molar-refractivity contribution in [2.24, 2.45) is 0 Å². The van der Waals surface area contributed by atoms with Crippen LogP contribution >= 0.6 is 0 Å². The molecule has 8 nitrogen and oxygen atoms in total. The van der Waals surface area contributed by atoms with Gasteiger partial charge in [-0.1, -0.05) is 6.92 Å². The van der Waals surface area contributed by atoms with Gasteiger partial charge in [0, 0.05) is 61.3 Å². The minimum Gasteiger partial charge on any atom is -0.393 e. The predicted molar refractivity (Wildman–Crippen MR) is 131 cm³/mol. The van der Waals surface area contributed by atoms with Crippen molar-refractivity contribution in [3.05, 3.63) is 41.6 Å². The molecule has 5 rings (SSSR count). The lowest BCUT2D eigenvalue weighted by Crippen LogP contribution is -2.38. The summed E-state index contributed by atoms with van der Waals surface area (Å²) in [6.45, 7) is 8.72. The molecule has 0 bridgehead atoms. The van der Waals surface area contributed by atoms with E-state index in [1.165, 1.54) is 5.56 Å². The van der Waals surface area contributed by atoms with Crippen LogP contribution in [-0.2, 0) is 4.74 Å². The number of piperidine rings is 1. The van der Waals surface area contributed by atoms with Crippen molar-refractivity contribution in [2.45, 2.75) is 44.8 Å². The zero-order valence-electron chi connectivity index (χ0n) is 19.4. The number of hydrogen-bond acceptors (Lipinski definition) is 7. The molecule has 8 heteroatoms. The van der Waals surface area contributed by atoms with Crippen molar-refractivity contribution in [1.29, 1.82) is 0 Å². The van der Waals surface area contributed by atoms with Crippen LogP contribution in [0.3, 0.4) is 0 Å². The Hall–Kier alpha value is -2.84. The van der Waals surface area contributed by atoms with Gasteiger partial charge in [0.05, 0.1) is 19.3 Å². The van der Waals surface area contributed by atoms with Crippen molar-refractivity contribution < 1.29 is 14.6 Å². The van der Waals surface area contributed by atoms with Gasteiger partial charge in [0.1, 0.15) is 11.5 Å². The number of carbonyl (C=O) groups is 1. The number of benzene rings is 1. The Morgan fingerprint density at radius 2 is 1.85 bits per heavy atom. The van der Waals surface area contributed by atoms with E-state index in [0.29, 0.717) is 30.9 Å². The van der Waals surface area contributed by atoms with Gasteiger partial charge in [-0.15, -0.1) is 0 Å². The van der Waals surface area contributed by atoms with Gasteiger partial charge in [0.25, 0.3) is 5.91 Å². The fourth-order valence-electron chi connectivity index (χ4n) is 4.86. The number of aromatic nitrogens is 1. The highest BCUT2D eigenvalue weighted by atomic mass is 16.5. The molecule has 2 saturated heterocycles. The fraction of sp³-hybridized carbons (Fsp3) is 0.520. The topological polar surface area (TPSA) is 90.0 Å². The summed E-state index contributed by atoms with van der Waals surface area (Å²) in [5, 5.41) is 16.5. The number of nitrogens with zero attached hydrogens (tertiary/aromatic N) is 3. The Labute approximate surface area is 194 Å². The summed E-state index contributed by atoms with van der Waals surface area (Å²) in [5.41, 5.74) is 4.52. The first-order valence-electron chi connectivity index (χ1n) is 12.0. The first-order valence-corrected chi connectivity index (χ1v) is 12.0. The van der Waals surface area contributed by atoms with E-state index in [9.17, 15) is 9.90 Å². The van der Waals surface area contributed by atoms with Crippen LogP contribution in [0.2, 0.25) is 0 Å². The summed E-state index contributed by atoms with van der Waals surface area (Å²) in [7, 11) is 0. The van der Waals surface area contributed by atoms with Gasteiger partial charge in [-0.25, -0.2) is 4.98 Å². The van der Waals surface area contributed by atoms with E-state index < -0.39 is 0 Å². The number of amides is 1. The standard InChI is InChI=1S/C25H33N5O3/c1-16-17(2)26-22-4-3-18(13-21(16)22)27-25(32)23-14-19(29-7-5-20(31)6-8-29)15-24(28-23)30-9-11-33-12-10-30/h3-4,13-17,20,26,31H,5-12H2,1-2H3,(H,27,32). The van der Waals surface area contributed by atoms with Crippen LogP contribution < -0.4 is 20.4 Å². The van der Waals surface area contributed by atoms with Crippen molar-refractivity contribution in [1.82, 2.24) is 4.98 Å². The van der Waals surface area contributed by atoms with E-state index in [-0.39, 0.29) is 12.0 Å². The van der Waals surface area contributed by atoms with Gasteiger partial charge in [-0.2, -0.15) is 0 Å². The maximum absolute atomic E-state index is 13.3. The SMILES string of the molecule is CC1Nc2ccc(NC(=O)c3cc(N4CCC(O)CC4)cc(N4CCOCC4)n3)cc2C1C. The normalized spacial score (nSPS) is 23.2. The van der Waals surface area contributed by atoms with Crippen LogP contribution in [0.25, 0.3) is 0 Å². The summed E-state index contributed by atoms with van der Waals surface area (Å²) in [4.78, 5) is 22.4. The molecule has 2 unspecified atom stereocenters. The van der Waals surface area contributed by atoms with E-state index in [1.807, 2.05) is 18.2 Å². The van der Waals surface area contributed by atoms with Crippen LogP contribution in [0.15, 0.2) is 30.3 Å². The smallest absolute Gasteiger partial charge is 0.274 e. The third-order valence-corrected chi connectivity index (χ3v) is 7.13. The van der Waals surface area contributed by atoms with Crippen molar-refractivity contribution >= 4 is 28.8 Å². The highest BCUT2D eigenvalue weighted by Gasteiger charge is 2.26. The summed E-state index contributed by atoms with van der Waals surface area (Å²) in [6, 6.07) is 10.3. The second kappa shape index (κ2) is 9.19. The van der Waals surface area contributed by atoms with E-state index in [0.717, 1.165) is 61.9 Å². The molecule has 0 spiro atoms. The average Bonchev–Trinajstić information content (AvgIpc) is 3.13. The fourth-order valence-corrected chi connectivity index (χ4v) is 4.86. The Kier molecular flexibility index (Phi) is 6.12. The van der Waals surface area contributed by atoms with Crippen LogP contribution in [0, 0.1) is 0 Å². The third-order valence-electron chi connectivity index (χ3n) is 7.13. The molecule has 1 amide bonds. The number of aliphatic hydroxyl groups excluding tert-OH is 1. The van der Waals surface area contributed by atoms with Crippen molar-refractivity contribution in [2.75, 3.05) is 59.8 Å². The van der Waals surface area contributed by atoms with Gasteiger partial charge in [0.2, 0.25) is 0 Å². The molecular formula is C25H33N5O3. The lowest BCUT2D eigenvalue weighted by atomic mass is 9.98. The summed E-state index contributed by atoms with van der Waals surface area (Å²) in [5.74, 6) is 0.975. The number of morpholine rings is 1. The quantitative estimate of drug-likeness (QED) is 0.658. The Balaban J connectivity index is 1.41. The van der Waals surface area contributed by atoms with Crippen LogP contribution in [0.4, 0.5) is 22.9 Å². The number of nitrogens with one attached hydrogen (secondary N) is 2. The second-order valence-corrected chi connectivity index (χ2v) is 9.36. The molecule has 0 radical (unpaired) electrons.